The highest BCUT2D eigenvalue weighted by atomic mass is 35.5. The first-order valence-electron chi connectivity index (χ1n) is 5.52. The van der Waals surface area contributed by atoms with Crippen LogP contribution in [0, 0.1) is 0 Å². The van der Waals surface area contributed by atoms with E-state index in [1.54, 1.807) is 30.3 Å². The van der Waals surface area contributed by atoms with Gasteiger partial charge in [0.15, 0.2) is 0 Å². The molecule has 0 bridgehead atoms. The first kappa shape index (κ1) is 14.5. The Morgan fingerprint density at radius 3 is 2.20 bits per heavy atom. The fraction of sp³-hybridized carbons (Fsp3) is 0. The molecule has 2 aromatic carbocycles. The number of amides is 1. The fourth-order valence-corrected chi connectivity index (χ4v) is 2.84. The van der Waals surface area contributed by atoms with Crippen molar-refractivity contribution in [2.75, 3.05) is 0 Å². The van der Waals surface area contributed by atoms with Crippen LogP contribution in [0.4, 0.5) is 0 Å². The van der Waals surface area contributed by atoms with Crippen molar-refractivity contribution < 1.29 is 13.2 Å². The number of carbonyl (C=O) groups excluding carboxylic acids is 1. The van der Waals surface area contributed by atoms with Gasteiger partial charge in [0.2, 0.25) is 15.9 Å². The zero-order chi connectivity index (χ0) is 14.9. The van der Waals surface area contributed by atoms with Gasteiger partial charge in [-0.3, -0.25) is 4.79 Å². The lowest BCUT2D eigenvalue weighted by Gasteiger charge is -2.11. The lowest BCUT2D eigenvalue weighted by Crippen LogP contribution is -2.17. The summed E-state index contributed by atoms with van der Waals surface area (Å²) in [6, 6.07) is 11.2. The molecule has 0 atom stereocenters. The zero-order valence-corrected chi connectivity index (χ0v) is 11.8. The van der Waals surface area contributed by atoms with Gasteiger partial charge in [-0.25, -0.2) is 13.6 Å². The lowest BCUT2D eigenvalue weighted by atomic mass is 10.0. The molecule has 0 aliphatic carbocycles. The third kappa shape index (κ3) is 2.82. The number of rotatable bonds is 3. The Labute approximate surface area is 121 Å². The summed E-state index contributed by atoms with van der Waals surface area (Å²) in [6.07, 6.45) is 0. The molecule has 0 unspecified atom stereocenters. The van der Waals surface area contributed by atoms with Crippen molar-refractivity contribution in [1.82, 2.24) is 0 Å². The van der Waals surface area contributed by atoms with Gasteiger partial charge < -0.3 is 5.73 Å². The summed E-state index contributed by atoms with van der Waals surface area (Å²) in [5, 5.41) is 5.26. The Kier molecular flexibility index (Phi) is 3.80. The molecule has 1 amide bonds. The third-order valence-electron chi connectivity index (χ3n) is 2.73. The highest BCUT2D eigenvalue weighted by Crippen LogP contribution is 2.31. The summed E-state index contributed by atoms with van der Waals surface area (Å²) in [6.45, 7) is 0. The second-order valence-corrected chi connectivity index (χ2v) is 6.04. The van der Waals surface area contributed by atoms with E-state index in [4.69, 9.17) is 22.5 Å². The van der Waals surface area contributed by atoms with Gasteiger partial charge in [-0.1, -0.05) is 41.9 Å². The topological polar surface area (TPSA) is 103 Å². The highest BCUT2D eigenvalue weighted by molar-refractivity contribution is 7.89. The van der Waals surface area contributed by atoms with E-state index >= 15 is 0 Å². The molecule has 2 rings (SSSR count). The molecular weight excluding hydrogens is 300 g/mol. The maximum atomic E-state index is 11.7. The predicted molar refractivity (Wildman–Crippen MR) is 76.8 cm³/mol. The van der Waals surface area contributed by atoms with Crippen LogP contribution in [0.2, 0.25) is 5.02 Å². The van der Waals surface area contributed by atoms with E-state index in [0.29, 0.717) is 11.1 Å². The molecule has 0 fully saturated rings. The molecule has 20 heavy (non-hydrogen) atoms. The molecule has 0 saturated heterocycles. The van der Waals surface area contributed by atoms with Gasteiger partial charge in [0.1, 0.15) is 0 Å². The summed E-state index contributed by atoms with van der Waals surface area (Å²) >= 11 is 5.96. The van der Waals surface area contributed by atoms with E-state index in [-0.39, 0.29) is 15.5 Å². The van der Waals surface area contributed by atoms with Crippen LogP contribution in [-0.2, 0) is 10.0 Å². The number of nitrogens with two attached hydrogens (primary N) is 2. The van der Waals surface area contributed by atoms with Crippen molar-refractivity contribution in [2.24, 2.45) is 10.9 Å². The normalized spacial score (nSPS) is 11.3. The summed E-state index contributed by atoms with van der Waals surface area (Å²) in [7, 11) is -4.02. The van der Waals surface area contributed by atoms with E-state index in [2.05, 4.69) is 0 Å². The Balaban J connectivity index is 2.81. The maximum Gasteiger partial charge on any atom is 0.250 e. The fourth-order valence-electron chi connectivity index (χ4n) is 1.82. The van der Waals surface area contributed by atoms with Crippen LogP contribution in [-0.4, -0.2) is 14.3 Å². The van der Waals surface area contributed by atoms with E-state index in [9.17, 15) is 13.2 Å². The van der Waals surface area contributed by atoms with Crippen molar-refractivity contribution >= 4 is 27.5 Å². The predicted octanol–water partition coefficient (Wildman–Crippen LogP) is 1.75. The number of primary sulfonamides is 1. The van der Waals surface area contributed by atoms with Crippen molar-refractivity contribution in [1.29, 1.82) is 0 Å². The minimum Gasteiger partial charge on any atom is -0.366 e. The SMILES string of the molecule is NC(=O)c1cc(S(N)(=O)=O)c(-c2ccccc2)cc1Cl. The van der Waals surface area contributed by atoms with Gasteiger partial charge >= 0.3 is 0 Å². The van der Waals surface area contributed by atoms with Crippen molar-refractivity contribution in [3.8, 4) is 11.1 Å². The summed E-state index contributed by atoms with van der Waals surface area (Å²) < 4.78 is 23.4. The van der Waals surface area contributed by atoms with Gasteiger partial charge in [-0.2, -0.15) is 0 Å². The van der Waals surface area contributed by atoms with Crippen LogP contribution >= 0.6 is 11.6 Å². The minimum atomic E-state index is -4.02. The van der Waals surface area contributed by atoms with E-state index in [1.807, 2.05) is 0 Å². The van der Waals surface area contributed by atoms with Gasteiger partial charge in [0.05, 0.1) is 15.5 Å². The molecule has 4 N–H and O–H groups in total. The van der Waals surface area contributed by atoms with Gasteiger partial charge in [-0.15, -0.1) is 0 Å². The molecule has 0 spiro atoms. The number of primary amides is 1. The molecule has 5 nitrogen and oxygen atoms in total. The first-order chi connectivity index (χ1) is 9.30. The monoisotopic (exact) mass is 310 g/mol. The molecule has 0 saturated carbocycles. The quantitative estimate of drug-likeness (QED) is 0.902. The molecule has 0 aliphatic heterocycles. The molecular formula is C13H11ClN2O3S. The van der Waals surface area contributed by atoms with Crippen LogP contribution < -0.4 is 10.9 Å². The van der Waals surface area contributed by atoms with Crippen molar-refractivity contribution in [2.45, 2.75) is 4.90 Å². The maximum absolute atomic E-state index is 11.7. The molecule has 104 valence electrons. The van der Waals surface area contributed by atoms with Gasteiger partial charge in [-0.05, 0) is 17.7 Å². The highest BCUT2D eigenvalue weighted by Gasteiger charge is 2.20. The Morgan fingerprint density at radius 1 is 1.10 bits per heavy atom. The summed E-state index contributed by atoms with van der Waals surface area (Å²) in [4.78, 5) is 11.1. The number of halogens is 1. The van der Waals surface area contributed by atoms with Crippen molar-refractivity contribution in [3.63, 3.8) is 0 Å². The second-order valence-electron chi connectivity index (χ2n) is 4.10. The minimum absolute atomic E-state index is 0.0729. The second kappa shape index (κ2) is 5.24. The molecule has 0 aliphatic rings. The summed E-state index contributed by atoms with van der Waals surface area (Å²) in [5.74, 6) is -0.820. The Hall–Kier alpha value is -1.89. The smallest absolute Gasteiger partial charge is 0.250 e. The number of sulfonamides is 1. The number of hydrogen-bond donors (Lipinski definition) is 2. The third-order valence-corrected chi connectivity index (χ3v) is 3.99. The van der Waals surface area contributed by atoms with E-state index in [1.165, 1.54) is 6.07 Å². The lowest BCUT2D eigenvalue weighted by molar-refractivity contribution is 0.100. The standard InChI is InChI=1S/C13H11ClN2O3S/c14-11-6-9(8-4-2-1-3-5-8)12(20(16,18)19)7-10(11)13(15)17/h1-7H,(H2,15,17)(H2,16,18,19). The van der Waals surface area contributed by atoms with Crippen molar-refractivity contribution in [3.05, 3.63) is 53.1 Å². The largest absolute Gasteiger partial charge is 0.366 e. The van der Waals surface area contributed by atoms with E-state index < -0.39 is 15.9 Å². The average Bonchev–Trinajstić information content (AvgIpc) is 2.37. The molecule has 0 radical (unpaired) electrons. The first-order valence-corrected chi connectivity index (χ1v) is 7.44. The molecule has 0 heterocycles. The van der Waals surface area contributed by atoms with E-state index in [0.717, 1.165) is 6.07 Å². The number of benzene rings is 2. The Bertz CT molecular complexity index is 774. The van der Waals surface area contributed by atoms with Gasteiger partial charge in [0.25, 0.3) is 0 Å². The molecule has 2 aromatic rings. The summed E-state index contributed by atoms with van der Waals surface area (Å²) in [5.41, 5.74) is 6.01. The van der Waals surface area contributed by atoms with Crippen LogP contribution in [0.3, 0.4) is 0 Å². The number of hydrogen-bond acceptors (Lipinski definition) is 3. The van der Waals surface area contributed by atoms with Crippen LogP contribution in [0.25, 0.3) is 11.1 Å². The van der Waals surface area contributed by atoms with Crippen LogP contribution in [0.5, 0.6) is 0 Å². The Morgan fingerprint density at radius 2 is 1.70 bits per heavy atom. The van der Waals surface area contributed by atoms with Crippen LogP contribution in [0.15, 0.2) is 47.4 Å². The average molecular weight is 311 g/mol. The number of carbonyl (C=O) groups is 1. The molecule has 0 aromatic heterocycles. The van der Waals surface area contributed by atoms with Gasteiger partial charge in [0, 0.05) is 5.56 Å². The molecule has 7 heteroatoms. The van der Waals surface area contributed by atoms with Crippen LogP contribution in [0.1, 0.15) is 10.4 Å². The zero-order valence-electron chi connectivity index (χ0n) is 10.2.